The summed E-state index contributed by atoms with van der Waals surface area (Å²) < 4.78 is 0. The van der Waals surface area contributed by atoms with E-state index >= 15 is 0 Å². The van der Waals surface area contributed by atoms with Crippen LogP contribution in [-0.2, 0) is 9.59 Å². The molecule has 0 spiro atoms. The molecule has 0 radical (unpaired) electrons. The predicted molar refractivity (Wildman–Crippen MR) is 65.3 cm³/mol. The number of hydrogen-bond acceptors (Lipinski definition) is 2. The molecule has 1 atom stereocenters. The van der Waals surface area contributed by atoms with Crippen LogP contribution in [0.5, 0.6) is 0 Å². The van der Waals surface area contributed by atoms with Crippen molar-refractivity contribution in [3.05, 3.63) is 11.6 Å². The Morgan fingerprint density at radius 3 is 2.75 bits per heavy atom. The minimum Gasteiger partial charge on any atom is -0.300 e. The molecule has 0 aliphatic heterocycles. The summed E-state index contributed by atoms with van der Waals surface area (Å²) in [5, 5.41) is 0. The van der Waals surface area contributed by atoms with Crippen LogP contribution >= 0.6 is 0 Å². The predicted octanol–water partition coefficient (Wildman–Crippen LogP) is 3.45. The maximum Gasteiger partial charge on any atom is 0.139 e. The van der Waals surface area contributed by atoms with Crippen LogP contribution in [0.3, 0.4) is 0 Å². The van der Waals surface area contributed by atoms with Gasteiger partial charge in [0, 0.05) is 18.3 Å². The van der Waals surface area contributed by atoms with E-state index in [2.05, 4.69) is 13.0 Å². The van der Waals surface area contributed by atoms with Gasteiger partial charge in [-0.15, -0.1) is 0 Å². The van der Waals surface area contributed by atoms with E-state index in [4.69, 9.17) is 0 Å². The van der Waals surface area contributed by atoms with Crippen LogP contribution in [-0.4, -0.2) is 11.6 Å². The third-order valence-electron chi connectivity index (χ3n) is 3.58. The van der Waals surface area contributed by atoms with Crippen LogP contribution < -0.4 is 0 Å². The molecule has 0 bridgehead atoms. The third kappa shape index (κ3) is 3.58. The summed E-state index contributed by atoms with van der Waals surface area (Å²) in [7, 11) is 0. The SMILES string of the molecule is CC(=O)CCC[C@@]1(C)CC=C(C)CCC1=O. The highest BCUT2D eigenvalue weighted by atomic mass is 16.1. The summed E-state index contributed by atoms with van der Waals surface area (Å²) in [5.41, 5.74) is 1.09. The lowest BCUT2D eigenvalue weighted by molar-refractivity contribution is -0.128. The Morgan fingerprint density at radius 1 is 1.44 bits per heavy atom. The molecule has 0 aromatic rings. The molecule has 0 amide bonds. The van der Waals surface area contributed by atoms with Gasteiger partial charge in [-0.1, -0.05) is 18.6 Å². The fraction of sp³-hybridized carbons (Fsp3) is 0.714. The molecule has 0 aromatic heterocycles. The smallest absolute Gasteiger partial charge is 0.139 e. The van der Waals surface area contributed by atoms with Gasteiger partial charge in [-0.25, -0.2) is 0 Å². The van der Waals surface area contributed by atoms with E-state index in [1.165, 1.54) is 5.57 Å². The number of Topliss-reactive ketones (excluding diaryl/α,β-unsaturated/α-hetero) is 2. The van der Waals surface area contributed by atoms with Crippen LogP contribution in [0.15, 0.2) is 11.6 Å². The fourth-order valence-electron chi connectivity index (χ4n) is 2.20. The van der Waals surface area contributed by atoms with Crippen molar-refractivity contribution in [3.63, 3.8) is 0 Å². The van der Waals surface area contributed by atoms with Crippen molar-refractivity contribution in [1.29, 1.82) is 0 Å². The van der Waals surface area contributed by atoms with Gasteiger partial charge in [-0.2, -0.15) is 0 Å². The molecule has 90 valence electrons. The maximum atomic E-state index is 12.0. The molecule has 0 unspecified atom stereocenters. The monoisotopic (exact) mass is 222 g/mol. The maximum absolute atomic E-state index is 12.0. The van der Waals surface area contributed by atoms with Gasteiger partial charge < -0.3 is 4.79 Å². The number of hydrogen-bond donors (Lipinski definition) is 0. The molecule has 0 aromatic carbocycles. The summed E-state index contributed by atoms with van der Waals surface area (Å²) in [6.45, 7) is 5.75. The Kier molecular flexibility index (Phi) is 4.45. The largest absolute Gasteiger partial charge is 0.300 e. The van der Waals surface area contributed by atoms with Crippen molar-refractivity contribution in [1.82, 2.24) is 0 Å². The van der Waals surface area contributed by atoms with Gasteiger partial charge in [0.05, 0.1) is 0 Å². The first kappa shape index (κ1) is 13.1. The highest BCUT2D eigenvalue weighted by molar-refractivity contribution is 5.85. The second kappa shape index (κ2) is 5.42. The van der Waals surface area contributed by atoms with Gasteiger partial charge >= 0.3 is 0 Å². The molecule has 0 heterocycles. The quantitative estimate of drug-likeness (QED) is 0.683. The van der Waals surface area contributed by atoms with Crippen molar-refractivity contribution in [2.45, 2.75) is 59.3 Å². The van der Waals surface area contributed by atoms with Crippen LogP contribution in [0.25, 0.3) is 0 Å². The Morgan fingerprint density at radius 2 is 2.12 bits per heavy atom. The van der Waals surface area contributed by atoms with Crippen LogP contribution in [0.2, 0.25) is 0 Å². The average molecular weight is 222 g/mol. The van der Waals surface area contributed by atoms with Gasteiger partial charge in [0.2, 0.25) is 0 Å². The second-order valence-corrected chi connectivity index (χ2v) is 5.29. The average Bonchev–Trinajstić information content (AvgIpc) is 2.32. The third-order valence-corrected chi connectivity index (χ3v) is 3.58. The Bertz CT molecular complexity index is 315. The first-order valence-electron chi connectivity index (χ1n) is 6.12. The van der Waals surface area contributed by atoms with E-state index in [1.54, 1.807) is 6.92 Å². The zero-order valence-electron chi connectivity index (χ0n) is 10.6. The Hall–Kier alpha value is -0.920. The molecule has 0 N–H and O–H groups in total. The zero-order chi connectivity index (χ0) is 12.2. The van der Waals surface area contributed by atoms with E-state index in [9.17, 15) is 9.59 Å². The summed E-state index contributed by atoms with van der Waals surface area (Å²) in [6.07, 6.45) is 6.89. The van der Waals surface area contributed by atoms with Gasteiger partial charge in [-0.05, 0) is 39.5 Å². The molecule has 0 saturated carbocycles. The normalized spacial score (nSPS) is 26.2. The topological polar surface area (TPSA) is 34.1 Å². The molecule has 16 heavy (non-hydrogen) atoms. The summed E-state index contributed by atoms with van der Waals surface area (Å²) in [4.78, 5) is 22.9. The lowest BCUT2D eigenvalue weighted by Gasteiger charge is -2.25. The number of rotatable bonds is 4. The number of carbonyl (C=O) groups is 2. The van der Waals surface area contributed by atoms with Crippen molar-refractivity contribution in [3.8, 4) is 0 Å². The molecule has 1 aliphatic rings. The molecule has 0 fully saturated rings. The van der Waals surface area contributed by atoms with Crippen LogP contribution in [0.4, 0.5) is 0 Å². The van der Waals surface area contributed by atoms with Gasteiger partial charge in [0.15, 0.2) is 0 Å². The first-order valence-corrected chi connectivity index (χ1v) is 6.12. The Labute approximate surface area is 98.1 Å². The summed E-state index contributed by atoms with van der Waals surface area (Å²) in [5.74, 6) is 0.584. The summed E-state index contributed by atoms with van der Waals surface area (Å²) >= 11 is 0. The highest BCUT2D eigenvalue weighted by Crippen LogP contribution is 2.35. The number of ketones is 2. The first-order chi connectivity index (χ1) is 7.44. The molecule has 1 aliphatic carbocycles. The van der Waals surface area contributed by atoms with E-state index < -0.39 is 0 Å². The second-order valence-electron chi connectivity index (χ2n) is 5.29. The molecule has 1 rings (SSSR count). The fourth-order valence-corrected chi connectivity index (χ4v) is 2.20. The lowest BCUT2D eigenvalue weighted by atomic mass is 9.77. The minimum absolute atomic E-state index is 0.219. The van der Waals surface area contributed by atoms with Crippen molar-refractivity contribution in [2.24, 2.45) is 5.41 Å². The number of carbonyl (C=O) groups excluding carboxylic acids is 2. The number of allylic oxidation sites excluding steroid dienone is 2. The zero-order valence-corrected chi connectivity index (χ0v) is 10.6. The van der Waals surface area contributed by atoms with E-state index in [0.717, 1.165) is 25.7 Å². The van der Waals surface area contributed by atoms with Gasteiger partial charge in [-0.3, -0.25) is 4.79 Å². The molecule has 0 saturated heterocycles. The molecular weight excluding hydrogens is 200 g/mol. The molecular formula is C14H22O2. The van der Waals surface area contributed by atoms with E-state index in [-0.39, 0.29) is 11.2 Å². The molecule has 2 nitrogen and oxygen atoms in total. The van der Waals surface area contributed by atoms with E-state index in [0.29, 0.717) is 18.6 Å². The lowest BCUT2D eigenvalue weighted by Crippen LogP contribution is -2.26. The summed E-state index contributed by atoms with van der Waals surface area (Å²) in [6, 6.07) is 0. The van der Waals surface area contributed by atoms with Crippen molar-refractivity contribution >= 4 is 11.6 Å². The van der Waals surface area contributed by atoms with E-state index in [1.807, 2.05) is 6.92 Å². The molecule has 2 heteroatoms. The van der Waals surface area contributed by atoms with Gasteiger partial charge in [0.1, 0.15) is 11.6 Å². The Balaban J connectivity index is 2.58. The van der Waals surface area contributed by atoms with Crippen LogP contribution in [0, 0.1) is 5.41 Å². The standard InChI is InChI=1S/C14H22O2/c1-11-6-7-13(16)14(3,10-8-11)9-4-5-12(2)15/h8H,4-7,9-10H2,1-3H3/t14-/m0/s1. The van der Waals surface area contributed by atoms with Crippen LogP contribution in [0.1, 0.15) is 59.3 Å². The highest BCUT2D eigenvalue weighted by Gasteiger charge is 2.32. The van der Waals surface area contributed by atoms with Crippen molar-refractivity contribution < 1.29 is 9.59 Å². The van der Waals surface area contributed by atoms with Gasteiger partial charge in [0.25, 0.3) is 0 Å². The minimum atomic E-state index is -0.229. The van der Waals surface area contributed by atoms with Crippen molar-refractivity contribution in [2.75, 3.05) is 0 Å².